The van der Waals surface area contributed by atoms with Crippen LogP contribution in [0, 0.1) is 0 Å². The molecule has 3 nitrogen and oxygen atoms in total. The van der Waals surface area contributed by atoms with Crippen LogP contribution in [0.3, 0.4) is 0 Å². The lowest BCUT2D eigenvalue weighted by atomic mass is 10.1. The Kier molecular flexibility index (Phi) is 5.45. The Balaban J connectivity index is 2.04. The van der Waals surface area contributed by atoms with Gasteiger partial charge in [-0.2, -0.15) is 0 Å². The topological polar surface area (TPSA) is 21.7 Å². The average Bonchev–Trinajstić information content (AvgIpc) is 2.18. The van der Waals surface area contributed by atoms with Crippen LogP contribution in [0.1, 0.15) is 26.7 Å². The summed E-state index contributed by atoms with van der Waals surface area (Å²) in [5, 5.41) is 0. The van der Waals surface area contributed by atoms with Crippen LogP contribution in [0.4, 0.5) is 0 Å². The molecule has 0 unspecified atom stereocenters. The molecule has 0 atom stereocenters. The third kappa shape index (κ3) is 4.40. The molecule has 0 aromatic carbocycles. The van der Waals surface area contributed by atoms with Crippen LogP contribution < -0.4 is 0 Å². The van der Waals surface area contributed by atoms with Crippen molar-refractivity contribution in [2.45, 2.75) is 38.9 Å². The molecule has 1 saturated heterocycles. The van der Waals surface area contributed by atoms with Crippen LogP contribution in [0.2, 0.25) is 0 Å². The first-order valence-corrected chi connectivity index (χ1v) is 5.59. The number of ether oxygens (including phenoxy) is 2. The fourth-order valence-corrected chi connectivity index (χ4v) is 1.79. The lowest BCUT2D eigenvalue weighted by molar-refractivity contribution is 0.0187. The van der Waals surface area contributed by atoms with Gasteiger partial charge >= 0.3 is 0 Å². The highest BCUT2D eigenvalue weighted by molar-refractivity contribution is 4.71. The minimum atomic E-state index is 0.353. The summed E-state index contributed by atoms with van der Waals surface area (Å²) >= 11 is 0. The van der Waals surface area contributed by atoms with Gasteiger partial charge in [-0.15, -0.1) is 0 Å². The van der Waals surface area contributed by atoms with E-state index < -0.39 is 0 Å². The van der Waals surface area contributed by atoms with Crippen molar-refractivity contribution < 1.29 is 9.47 Å². The van der Waals surface area contributed by atoms with E-state index in [1.807, 2.05) is 7.11 Å². The predicted octanol–water partition coefficient (Wildman–Crippen LogP) is 1.52. The summed E-state index contributed by atoms with van der Waals surface area (Å²) in [5.74, 6) is 0. The van der Waals surface area contributed by atoms with Crippen molar-refractivity contribution in [2.75, 3.05) is 33.4 Å². The highest BCUT2D eigenvalue weighted by atomic mass is 16.5. The van der Waals surface area contributed by atoms with Gasteiger partial charge in [0.1, 0.15) is 0 Å². The first kappa shape index (κ1) is 12.0. The first-order chi connectivity index (χ1) is 6.72. The van der Waals surface area contributed by atoms with E-state index >= 15 is 0 Å². The summed E-state index contributed by atoms with van der Waals surface area (Å²) in [7, 11) is 1.81. The monoisotopic (exact) mass is 201 g/mol. The lowest BCUT2D eigenvalue weighted by Crippen LogP contribution is -2.38. The quantitative estimate of drug-likeness (QED) is 0.673. The molecule has 0 aliphatic carbocycles. The SMILES string of the molecule is COC1CCN(CCOC(C)C)CC1. The normalized spacial score (nSPS) is 20.6. The molecule has 0 aromatic heterocycles. The maximum atomic E-state index is 5.52. The van der Waals surface area contributed by atoms with Gasteiger partial charge in [0.05, 0.1) is 18.8 Å². The Labute approximate surface area is 87.4 Å². The smallest absolute Gasteiger partial charge is 0.0596 e. The number of hydrogen-bond acceptors (Lipinski definition) is 3. The van der Waals surface area contributed by atoms with E-state index in [4.69, 9.17) is 9.47 Å². The van der Waals surface area contributed by atoms with Gasteiger partial charge in [-0.3, -0.25) is 0 Å². The molecular weight excluding hydrogens is 178 g/mol. The Morgan fingerprint density at radius 1 is 1.29 bits per heavy atom. The number of nitrogens with zero attached hydrogens (tertiary/aromatic N) is 1. The van der Waals surface area contributed by atoms with Crippen molar-refractivity contribution in [1.29, 1.82) is 0 Å². The molecule has 1 rings (SSSR count). The third-order valence-corrected chi connectivity index (χ3v) is 2.73. The molecule has 0 amide bonds. The average molecular weight is 201 g/mol. The van der Waals surface area contributed by atoms with Gasteiger partial charge in [0.15, 0.2) is 0 Å². The number of likely N-dealkylation sites (tertiary alicyclic amines) is 1. The number of rotatable bonds is 5. The molecule has 84 valence electrons. The summed E-state index contributed by atoms with van der Waals surface area (Å²) in [6.07, 6.45) is 3.17. The second kappa shape index (κ2) is 6.38. The molecule has 1 fully saturated rings. The van der Waals surface area contributed by atoms with Crippen molar-refractivity contribution in [3.05, 3.63) is 0 Å². The Hall–Kier alpha value is -0.120. The van der Waals surface area contributed by atoms with Crippen molar-refractivity contribution >= 4 is 0 Å². The van der Waals surface area contributed by atoms with Gasteiger partial charge in [-0.05, 0) is 26.7 Å². The lowest BCUT2D eigenvalue weighted by Gasteiger charge is -2.31. The zero-order valence-corrected chi connectivity index (χ0v) is 9.66. The highest BCUT2D eigenvalue weighted by Crippen LogP contribution is 2.12. The highest BCUT2D eigenvalue weighted by Gasteiger charge is 2.17. The van der Waals surface area contributed by atoms with Gasteiger partial charge in [-0.1, -0.05) is 0 Å². The zero-order chi connectivity index (χ0) is 10.4. The predicted molar refractivity (Wildman–Crippen MR) is 57.6 cm³/mol. The molecular formula is C11H23NO2. The number of hydrogen-bond donors (Lipinski definition) is 0. The zero-order valence-electron chi connectivity index (χ0n) is 9.66. The summed E-state index contributed by atoms with van der Waals surface area (Å²) in [6, 6.07) is 0. The van der Waals surface area contributed by atoms with E-state index in [1.54, 1.807) is 0 Å². The fraction of sp³-hybridized carbons (Fsp3) is 1.00. The Bertz CT molecular complexity index is 142. The maximum absolute atomic E-state index is 5.52. The van der Waals surface area contributed by atoms with Gasteiger partial charge in [0.2, 0.25) is 0 Å². The summed E-state index contributed by atoms with van der Waals surface area (Å²) in [6.45, 7) is 8.39. The second-order valence-corrected chi connectivity index (χ2v) is 4.20. The van der Waals surface area contributed by atoms with Crippen LogP contribution in [0.15, 0.2) is 0 Å². The molecule has 3 heteroatoms. The number of methoxy groups -OCH3 is 1. The molecule has 1 aliphatic rings. The van der Waals surface area contributed by atoms with Crippen molar-refractivity contribution in [2.24, 2.45) is 0 Å². The molecule has 0 spiro atoms. The molecule has 0 bridgehead atoms. The van der Waals surface area contributed by atoms with E-state index in [0.717, 1.165) is 39.1 Å². The minimum Gasteiger partial charge on any atom is -0.381 e. The second-order valence-electron chi connectivity index (χ2n) is 4.20. The van der Waals surface area contributed by atoms with Crippen molar-refractivity contribution in [3.8, 4) is 0 Å². The minimum absolute atomic E-state index is 0.353. The van der Waals surface area contributed by atoms with Gasteiger partial charge < -0.3 is 14.4 Å². The largest absolute Gasteiger partial charge is 0.381 e. The van der Waals surface area contributed by atoms with E-state index in [2.05, 4.69) is 18.7 Å². The van der Waals surface area contributed by atoms with Gasteiger partial charge in [-0.25, -0.2) is 0 Å². The van der Waals surface area contributed by atoms with E-state index in [9.17, 15) is 0 Å². The number of piperidine rings is 1. The van der Waals surface area contributed by atoms with Crippen molar-refractivity contribution in [3.63, 3.8) is 0 Å². The molecule has 1 heterocycles. The molecule has 1 aliphatic heterocycles. The summed E-state index contributed by atoms with van der Waals surface area (Å²) in [5.41, 5.74) is 0. The molecule has 0 aromatic rings. The Morgan fingerprint density at radius 3 is 2.43 bits per heavy atom. The van der Waals surface area contributed by atoms with Gasteiger partial charge in [0.25, 0.3) is 0 Å². The molecule has 0 saturated carbocycles. The van der Waals surface area contributed by atoms with E-state index in [1.165, 1.54) is 0 Å². The molecule has 14 heavy (non-hydrogen) atoms. The van der Waals surface area contributed by atoms with Crippen LogP contribution in [-0.2, 0) is 9.47 Å². The van der Waals surface area contributed by atoms with Crippen LogP contribution in [0.25, 0.3) is 0 Å². The first-order valence-electron chi connectivity index (χ1n) is 5.59. The summed E-state index contributed by atoms with van der Waals surface area (Å²) in [4.78, 5) is 2.46. The van der Waals surface area contributed by atoms with Crippen LogP contribution >= 0.6 is 0 Å². The molecule has 0 radical (unpaired) electrons. The Morgan fingerprint density at radius 2 is 1.93 bits per heavy atom. The van der Waals surface area contributed by atoms with Crippen LogP contribution in [-0.4, -0.2) is 50.5 Å². The van der Waals surface area contributed by atoms with Gasteiger partial charge in [0, 0.05) is 26.7 Å². The summed E-state index contributed by atoms with van der Waals surface area (Å²) < 4.78 is 10.8. The van der Waals surface area contributed by atoms with Crippen LogP contribution in [0.5, 0.6) is 0 Å². The third-order valence-electron chi connectivity index (χ3n) is 2.73. The molecule has 0 N–H and O–H groups in total. The standard InChI is InChI=1S/C11H23NO2/c1-10(2)14-9-8-12-6-4-11(13-3)5-7-12/h10-11H,4-9H2,1-3H3. The van der Waals surface area contributed by atoms with Crippen molar-refractivity contribution in [1.82, 2.24) is 4.90 Å². The van der Waals surface area contributed by atoms with E-state index in [-0.39, 0.29) is 0 Å². The fourth-order valence-electron chi connectivity index (χ4n) is 1.79. The van der Waals surface area contributed by atoms with E-state index in [0.29, 0.717) is 12.2 Å². The maximum Gasteiger partial charge on any atom is 0.0596 e.